The molecule has 0 aliphatic carbocycles. The zero-order valence-electron chi connectivity index (χ0n) is 14.1. The number of methoxy groups -OCH3 is 2. The van der Waals surface area contributed by atoms with Crippen LogP contribution in [0.25, 0.3) is 10.8 Å². The number of H-pyrrole nitrogens is 1. The number of aromatic amines is 1. The van der Waals surface area contributed by atoms with Crippen molar-refractivity contribution >= 4 is 22.9 Å². The van der Waals surface area contributed by atoms with Crippen molar-refractivity contribution in [1.29, 1.82) is 0 Å². The Labute approximate surface area is 148 Å². The van der Waals surface area contributed by atoms with Gasteiger partial charge in [-0.1, -0.05) is 18.2 Å². The lowest BCUT2D eigenvalue weighted by atomic mass is 10.1. The lowest BCUT2D eigenvalue weighted by Gasteiger charge is -2.07. The Morgan fingerprint density at radius 1 is 1.15 bits per heavy atom. The Morgan fingerprint density at radius 3 is 2.65 bits per heavy atom. The van der Waals surface area contributed by atoms with E-state index in [1.165, 1.54) is 13.3 Å². The van der Waals surface area contributed by atoms with E-state index in [1.807, 2.05) is 0 Å². The van der Waals surface area contributed by atoms with Crippen LogP contribution in [0.4, 0.5) is 0 Å². The van der Waals surface area contributed by atoms with Crippen molar-refractivity contribution in [2.24, 2.45) is 5.10 Å². The van der Waals surface area contributed by atoms with Crippen LogP contribution in [-0.2, 0) is 0 Å². The van der Waals surface area contributed by atoms with Crippen LogP contribution in [-0.4, -0.2) is 36.5 Å². The van der Waals surface area contributed by atoms with Gasteiger partial charge in [-0.15, -0.1) is 0 Å². The summed E-state index contributed by atoms with van der Waals surface area (Å²) in [5, 5.41) is 10.9. The van der Waals surface area contributed by atoms with E-state index in [4.69, 9.17) is 9.47 Å². The summed E-state index contributed by atoms with van der Waals surface area (Å²) in [4.78, 5) is 24.1. The van der Waals surface area contributed by atoms with E-state index in [0.29, 0.717) is 27.8 Å². The van der Waals surface area contributed by atoms with Crippen molar-refractivity contribution in [3.8, 4) is 11.5 Å². The first-order valence-electron chi connectivity index (χ1n) is 7.67. The minimum atomic E-state index is -0.541. The number of rotatable bonds is 5. The molecule has 0 saturated heterocycles. The van der Waals surface area contributed by atoms with Gasteiger partial charge in [-0.05, 0) is 18.2 Å². The molecule has 0 fully saturated rings. The molecule has 0 aliphatic rings. The van der Waals surface area contributed by atoms with E-state index >= 15 is 0 Å². The van der Waals surface area contributed by atoms with E-state index in [0.717, 1.165) is 0 Å². The van der Waals surface area contributed by atoms with Crippen LogP contribution < -0.4 is 20.5 Å². The smallest absolute Gasteiger partial charge is 0.292 e. The first kappa shape index (κ1) is 17.2. The number of amides is 1. The van der Waals surface area contributed by atoms with Crippen molar-refractivity contribution in [2.45, 2.75) is 0 Å². The largest absolute Gasteiger partial charge is 0.497 e. The SMILES string of the molecule is COc1ccc(/C=N/NC(=O)c2n[nH]c(=O)c3ccccc23)c(OC)c1. The molecule has 2 N–H and O–H groups in total. The summed E-state index contributed by atoms with van der Waals surface area (Å²) in [6, 6.07) is 11.9. The minimum Gasteiger partial charge on any atom is -0.497 e. The second-order valence-corrected chi connectivity index (χ2v) is 5.25. The van der Waals surface area contributed by atoms with Gasteiger partial charge in [0.1, 0.15) is 11.5 Å². The van der Waals surface area contributed by atoms with E-state index in [-0.39, 0.29) is 11.3 Å². The molecule has 1 amide bonds. The molecule has 3 rings (SSSR count). The second kappa shape index (κ2) is 7.47. The number of hydrazone groups is 1. The lowest BCUT2D eigenvalue weighted by molar-refractivity contribution is 0.0951. The third-order valence-electron chi connectivity index (χ3n) is 3.72. The number of fused-ring (bicyclic) bond motifs is 1. The van der Waals surface area contributed by atoms with Crippen molar-refractivity contribution in [1.82, 2.24) is 15.6 Å². The number of hydrogen-bond donors (Lipinski definition) is 2. The molecule has 0 radical (unpaired) electrons. The predicted molar refractivity (Wildman–Crippen MR) is 97.0 cm³/mol. The molecular formula is C18H16N4O4. The van der Waals surface area contributed by atoms with Gasteiger partial charge in [-0.3, -0.25) is 9.59 Å². The highest BCUT2D eigenvalue weighted by Crippen LogP contribution is 2.23. The molecule has 3 aromatic rings. The quantitative estimate of drug-likeness (QED) is 0.537. The average molecular weight is 352 g/mol. The Morgan fingerprint density at radius 2 is 1.92 bits per heavy atom. The Balaban J connectivity index is 1.83. The Kier molecular flexibility index (Phi) is 4.93. The van der Waals surface area contributed by atoms with Crippen molar-refractivity contribution in [3.05, 3.63) is 64.1 Å². The molecule has 0 saturated carbocycles. The van der Waals surface area contributed by atoms with Crippen molar-refractivity contribution in [2.75, 3.05) is 14.2 Å². The van der Waals surface area contributed by atoms with Crippen LogP contribution in [0.3, 0.4) is 0 Å². The maximum Gasteiger partial charge on any atom is 0.292 e. The third kappa shape index (κ3) is 3.39. The molecule has 0 atom stereocenters. The minimum absolute atomic E-state index is 0.0824. The van der Waals surface area contributed by atoms with Crippen LogP contribution in [0.1, 0.15) is 16.1 Å². The summed E-state index contributed by atoms with van der Waals surface area (Å²) in [5.41, 5.74) is 2.78. The fourth-order valence-electron chi connectivity index (χ4n) is 2.43. The van der Waals surface area contributed by atoms with Crippen LogP contribution in [0.15, 0.2) is 52.4 Å². The van der Waals surface area contributed by atoms with Crippen molar-refractivity contribution < 1.29 is 14.3 Å². The number of hydrogen-bond acceptors (Lipinski definition) is 6. The number of carbonyl (C=O) groups excluding carboxylic acids is 1. The third-order valence-corrected chi connectivity index (χ3v) is 3.72. The van der Waals surface area contributed by atoms with Gasteiger partial charge in [0.2, 0.25) is 0 Å². The van der Waals surface area contributed by atoms with E-state index in [2.05, 4.69) is 20.7 Å². The number of ether oxygens (including phenoxy) is 2. The molecule has 8 heteroatoms. The summed E-state index contributed by atoms with van der Waals surface area (Å²) in [6.07, 6.45) is 1.45. The van der Waals surface area contributed by atoms with E-state index in [1.54, 1.807) is 49.6 Å². The van der Waals surface area contributed by atoms with Crippen LogP contribution >= 0.6 is 0 Å². The fraction of sp³-hybridized carbons (Fsp3) is 0.111. The summed E-state index contributed by atoms with van der Waals surface area (Å²) in [7, 11) is 3.09. The van der Waals surface area contributed by atoms with Gasteiger partial charge in [0, 0.05) is 17.0 Å². The van der Waals surface area contributed by atoms with Crippen LogP contribution in [0.2, 0.25) is 0 Å². The van der Waals surface area contributed by atoms with E-state index < -0.39 is 5.91 Å². The molecule has 1 heterocycles. The van der Waals surface area contributed by atoms with Crippen LogP contribution in [0, 0.1) is 0 Å². The molecule has 26 heavy (non-hydrogen) atoms. The summed E-state index contributed by atoms with van der Waals surface area (Å²) in [5.74, 6) is 0.656. The van der Waals surface area contributed by atoms with Gasteiger partial charge in [0.05, 0.1) is 25.8 Å². The van der Waals surface area contributed by atoms with Gasteiger partial charge in [0.15, 0.2) is 5.69 Å². The molecule has 132 valence electrons. The Hall–Kier alpha value is -3.68. The summed E-state index contributed by atoms with van der Waals surface area (Å²) >= 11 is 0. The maximum atomic E-state index is 12.4. The number of carbonyl (C=O) groups is 1. The summed E-state index contributed by atoms with van der Waals surface area (Å²) < 4.78 is 10.4. The predicted octanol–water partition coefficient (Wildman–Crippen LogP) is 1.70. The Bertz CT molecular complexity index is 1040. The average Bonchev–Trinajstić information content (AvgIpc) is 2.68. The molecule has 0 bridgehead atoms. The molecule has 1 aromatic heterocycles. The first-order chi connectivity index (χ1) is 12.6. The molecule has 0 unspecified atom stereocenters. The summed E-state index contributed by atoms with van der Waals surface area (Å²) in [6.45, 7) is 0. The van der Waals surface area contributed by atoms with Crippen LogP contribution in [0.5, 0.6) is 11.5 Å². The highest BCUT2D eigenvalue weighted by atomic mass is 16.5. The first-order valence-corrected chi connectivity index (χ1v) is 7.67. The van der Waals surface area contributed by atoms with E-state index in [9.17, 15) is 9.59 Å². The van der Waals surface area contributed by atoms with Gasteiger partial charge in [-0.2, -0.15) is 10.2 Å². The lowest BCUT2D eigenvalue weighted by Crippen LogP contribution is -2.22. The zero-order valence-corrected chi connectivity index (χ0v) is 14.1. The second-order valence-electron chi connectivity index (χ2n) is 5.25. The van der Waals surface area contributed by atoms with Gasteiger partial charge < -0.3 is 9.47 Å². The highest BCUT2D eigenvalue weighted by molar-refractivity contribution is 6.04. The van der Waals surface area contributed by atoms with Gasteiger partial charge in [-0.25, -0.2) is 10.5 Å². The maximum absolute atomic E-state index is 12.4. The standard InChI is InChI=1S/C18H16N4O4/c1-25-12-8-7-11(15(9-12)26-2)10-19-21-18(24)16-13-5-3-4-6-14(13)17(23)22-20-16/h3-10H,1-2H3,(H,21,24)(H,22,23)/b19-10+. The van der Waals surface area contributed by atoms with Crippen molar-refractivity contribution in [3.63, 3.8) is 0 Å². The molecule has 0 aliphatic heterocycles. The molecular weight excluding hydrogens is 336 g/mol. The zero-order chi connectivity index (χ0) is 18.5. The molecule has 8 nitrogen and oxygen atoms in total. The highest BCUT2D eigenvalue weighted by Gasteiger charge is 2.13. The fourth-order valence-corrected chi connectivity index (χ4v) is 2.43. The number of benzene rings is 2. The topological polar surface area (TPSA) is 106 Å². The van der Waals surface area contributed by atoms with Gasteiger partial charge in [0.25, 0.3) is 11.5 Å². The number of aromatic nitrogens is 2. The monoisotopic (exact) mass is 352 g/mol. The number of nitrogens with one attached hydrogen (secondary N) is 2. The molecule has 0 spiro atoms. The number of nitrogens with zero attached hydrogens (tertiary/aromatic N) is 2. The van der Waals surface area contributed by atoms with Gasteiger partial charge >= 0.3 is 0 Å². The normalized spacial score (nSPS) is 10.8. The molecule has 2 aromatic carbocycles.